The highest BCUT2D eigenvalue weighted by Crippen LogP contribution is 2.47. The maximum atomic E-state index is 12.5. The summed E-state index contributed by atoms with van der Waals surface area (Å²) in [6.07, 6.45) is 0.855. The third-order valence-corrected chi connectivity index (χ3v) is 4.02. The molecule has 6 N–H and O–H groups in total. The molecular weight excluding hydrogens is 262 g/mol. The third-order valence-electron chi connectivity index (χ3n) is 4.02. The third kappa shape index (κ3) is 2.25. The summed E-state index contributed by atoms with van der Waals surface area (Å²) in [5.41, 5.74) is 13.9. The first-order valence-electron chi connectivity index (χ1n) is 6.77. The Hall–Kier alpha value is -1.31. The molecule has 0 aromatic carbocycles. The van der Waals surface area contributed by atoms with Gasteiger partial charge in [0.2, 0.25) is 0 Å². The quantitative estimate of drug-likeness (QED) is 0.414. The molecule has 1 fully saturated rings. The lowest BCUT2D eigenvalue weighted by molar-refractivity contribution is -0.162. The number of hydrogen-bond donors (Lipinski definition) is 3. The van der Waals surface area contributed by atoms with E-state index in [1.54, 1.807) is 6.92 Å². The largest absolute Gasteiger partial charge is 0.465 e. The fourth-order valence-corrected chi connectivity index (χ4v) is 3.04. The van der Waals surface area contributed by atoms with Gasteiger partial charge >= 0.3 is 5.97 Å². The van der Waals surface area contributed by atoms with Crippen LogP contribution in [0.1, 0.15) is 33.1 Å². The first-order chi connectivity index (χ1) is 9.27. The van der Waals surface area contributed by atoms with Crippen molar-refractivity contribution >= 4 is 17.5 Å². The summed E-state index contributed by atoms with van der Waals surface area (Å²) in [6.45, 7) is 2.86. The molecule has 1 aliphatic rings. The fourth-order valence-electron chi connectivity index (χ4n) is 3.04. The van der Waals surface area contributed by atoms with Crippen molar-refractivity contribution in [2.75, 3.05) is 13.2 Å². The van der Waals surface area contributed by atoms with Crippen LogP contribution < -0.4 is 17.2 Å². The van der Waals surface area contributed by atoms with E-state index in [4.69, 9.17) is 21.9 Å². The van der Waals surface area contributed by atoms with Gasteiger partial charge in [-0.05, 0) is 33.1 Å². The van der Waals surface area contributed by atoms with E-state index in [1.165, 1.54) is 6.92 Å². The average molecular weight is 285 g/mol. The van der Waals surface area contributed by atoms with Gasteiger partial charge in [-0.25, -0.2) is 0 Å². The molecule has 1 rings (SSSR count). The van der Waals surface area contributed by atoms with Gasteiger partial charge in [-0.3, -0.25) is 14.4 Å². The van der Waals surface area contributed by atoms with Crippen LogP contribution in [0.3, 0.4) is 0 Å². The number of hydrogen-bond acceptors (Lipinski definition) is 7. The van der Waals surface area contributed by atoms with Gasteiger partial charge in [-0.2, -0.15) is 0 Å². The molecule has 1 saturated carbocycles. The number of ether oxygens (including phenoxy) is 1. The number of carbonyl (C=O) groups is 3. The van der Waals surface area contributed by atoms with E-state index in [0.29, 0.717) is 6.42 Å². The molecule has 0 bridgehead atoms. The molecule has 1 aliphatic carbocycles. The first-order valence-corrected chi connectivity index (χ1v) is 6.77. The topological polar surface area (TPSA) is 138 Å². The van der Waals surface area contributed by atoms with E-state index in [-0.39, 0.29) is 26.0 Å². The van der Waals surface area contributed by atoms with Gasteiger partial charge in [-0.15, -0.1) is 0 Å². The highest BCUT2D eigenvalue weighted by atomic mass is 16.5. The Balaban J connectivity index is 3.38. The van der Waals surface area contributed by atoms with Crippen LogP contribution in [0.4, 0.5) is 0 Å². The molecule has 0 radical (unpaired) electrons. The minimum Gasteiger partial charge on any atom is -0.465 e. The first kappa shape index (κ1) is 16.7. The minimum absolute atomic E-state index is 0.122. The summed E-state index contributed by atoms with van der Waals surface area (Å²) < 4.78 is 4.96. The van der Waals surface area contributed by atoms with Crippen molar-refractivity contribution < 1.29 is 19.1 Å². The van der Waals surface area contributed by atoms with Gasteiger partial charge < -0.3 is 21.9 Å². The van der Waals surface area contributed by atoms with Gasteiger partial charge in [0, 0.05) is 0 Å². The van der Waals surface area contributed by atoms with Gasteiger partial charge in [0.05, 0.1) is 19.2 Å². The van der Waals surface area contributed by atoms with Crippen molar-refractivity contribution in [2.45, 2.75) is 44.7 Å². The van der Waals surface area contributed by atoms with Gasteiger partial charge in [0.25, 0.3) is 0 Å². The zero-order chi connectivity index (χ0) is 15.6. The number of nitrogens with two attached hydrogens (primary N) is 3. The molecule has 3 unspecified atom stereocenters. The smallest absolute Gasteiger partial charge is 0.327 e. The van der Waals surface area contributed by atoms with Crippen molar-refractivity contribution in [3.63, 3.8) is 0 Å². The molecule has 0 spiro atoms. The Kier molecular flexibility index (Phi) is 5.01. The molecule has 114 valence electrons. The molecular formula is C13H23N3O4. The second-order valence-corrected chi connectivity index (χ2v) is 5.23. The van der Waals surface area contributed by atoms with Crippen LogP contribution in [-0.2, 0) is 19.1 Å². The predicted molar refractivity (Wildman–Crippen MR) is 72.6 cm³/mol. The summed E-state index contributed by atoms with van der Waals surface area (Å²) in [7, 11) is 0. The number of carbonyl (C=O) groups excluding carboxylic acids is 3. The zero-order valence-corrected chi connectivity index (χ0v) is 12.0. The van der Waals surface area contributed by atoms with Gasteiger partial charge in [-0.1, -0.05) is 0 Å². The highest BCUT2D eigenvalue weighted by molar-refractivity contribution is 6.15. The normalized spacial score (nSPS) is 30.9. The zero-order valence-electron chi connectivity index (χ0n) is 12.0. The molecule has 0 aliphatic heterocycles. The predicted octanol–water partition coefficient (Wildman–Crippen LogP) is -1.14. The Morgan fingerprint density at radius 1 is 1.30 bits per heavy atom. The van der Waals surface area contributed by atoms with E-state index in [2.05, 4.69) is 0 Å². The molecule has 7 nitrogen and oxygen atoms in total. The monoisotopic (exact) mass is 285 g/mol. The van der Waals surface area contributed by atoms with Gasteiger partial charge in [0.15, 0.2) is 11.6 Å². The van der Waals surface area contributed by atoms with Crippen LogP contribution >= 0.6 is 0 Å². The van der Waals surface area contributed by atoms with E-state index < -0.39 is 34.5 Å². The number of rotatable bonds is 6. The molecule has 20 heavy (non-hydrogen) atoms. The van der Waals surface area contributed by atoms with E-state index in [0.717, 1.165) is 0 Å². The van der Waals surface area contributed by atoms with Crippen molar-refractivity contribution in [1.82, 2.24) is 0 Å². The average Bonchev–Trinajstić information content (AvgIpc) is 2.77. The summed E-state index contributed by atoms with van der Waals surface area (Å²) in [6, 6.07) is -0.902. The van der Waals surface area contributed by atoms with Crippen molar-refractivity contribution in [2.24, 2.45) is 22.6 Å². The summed E-state index contributed by atoms with van der Waals surface area (Å²) in [5.74, 6) is -1.83. The SMILES string of the molecule is CCOC(=O)C1(N)CCCC1(C(=O)CN)C(=O)C(C)N. The van der Waals surface area contributed by atoms with E-state index in [9.17, 15) is 14.4 Å². The van der Waals surface area contributed by atoms with Crippen LogP contribution in [0.5, 0.6) is 0 Å². The van der Waals surface area contributed by atoms with Crippen LogP contribution in [0.15, 0.2) is 0 Å². The maximum absolute atomic E-state index is 12.5. The van der Waals surface area contributed by atoms with Crippen LogP contribution in [0.25, 0.3) is 0 Å². The van der Waals surface area contributed by atoms with Crippen molar-refractivity contribution in [3.8, 4) is 0 Å². The maximum Gasteiger partial charge on any atom is 0.327 e. The summed E-state index contributed by atoms with van der Waals surface area (Å²) >= 11 is 0. The Bertz CT molecular complexity index is 424. The second-order valence-electron chi connectivity index (χ2n) is 5.23. The standard InChI is InChI=1S/C13H23N3O4/c1-3-20-11(19)13(16)6-4-5-12(13,9(17)7-14)10(18)8(2)15/h8H,3-7,14-16H2,1-2H3. The van der Waals surface area contributed by atoms with E-state index >= 15 is 0 Å². The molecule has 0 heterocycles. The Morgan fingerprint density at radius 3 is 2.35 bits per heavy atom. The lowest BCUT2D eigenvalue weighted by Gasteiger charge is -2.39. The lowest BCUT2D eigenvalue weighted by atomic mass is 9.65. The second kappa shape index (κ2) is 5.99. The highest BCUT2D eigenvalue weighted by Gasteiger charge is 2.66. The van der Waals surface area contributed by atoms with Crippen LogP contribution in [0.2, 0.25) is 0 Å². The minimum atomic E-state index is -1.68. The van der Waals surface area contributed by atoms with Crippen molar-refractivity contribution in [3.05, 3.63) is 0 Å². The lowest BCUT2D eigenvalue weighted by Crippen LogP contribution is -2.67. The number of Topliss-reactive ketones (excluding diaryl/α,β-unsaturated/α-hetero) is 2. The molecule has 0 amide bonds. The molecule has 7 heteroatoms. The van der Waals surface area contributed by atoms with Crippen LogP contribution in [-0.4, -0.2) is 42.3 Å². The molecule has 0 aromatic rings. The number of ketones is 2. The van der Waals surface area contributed by atoms with E-state index in [1.807, 2.05) is 0 Å². The fraction of sp³-hybridized carbons (Fsp3) is 0.769. The summed E-state index contributed by atoms with van der Waals surface area (Å²) in [4.78, 5) is 37.0. The van der Waals surface area contributed by atoms with Gasteiger partial charge in [0.1, 0.15) is 11.0 Å². The molecule has 0 aromatic heterocycles. The molecule has 0 saturated heterocycles. The Labute approximate surface area is 118 Å². The number of esters is 1. The van der Waals surface area contributed by atoms with Crippen molar-refractivity contribution in [1.29, 1.82) is 0 Å². The van der Waals surface area contributed by atoms with Crippen LogP contribution in [0, 0.1) is 5.41 Å². The summed E-state index contributed by atoms with van der Waals surface area (Å²) in [5, 5.41) is 0. The molecule has 3 atom stereocenters. The Morgan fingerprint density at radius 2 is 1.90 bits per heavy atom.